The van der Waals surface area contributed by atoms with Gasteiger partial charge in [0.15, 0.2) is 11.5 Å². The number of hydrogen-bond acceptors (Lipinski definition) is 4. The molecule has 0 radical (unpaired) electrons. The van der Waals surface area contributed by atoms with Crippen LogP contribution in [0.5, 0.6) is 11.5 Å². The molecule has 0 bridgehead atoms. The van der Waals surface area contributed by atoms with Crippen molar-refractivity contribution in [2.75, 3.05) is 19.0 Å². The number of nitriles is 1. The number of anilines is 1. The van der Waals surface area contributed by atoms with Crippen LogP contribution in [0.2, 0.25) is 0 Å². The summed E-state index contributed by atoms with van der Waals surface area (Å²) in [6.07, 6.45) is 2.48. The maximum atomic E-state index is 12.8. The van der Waals surface area contributed by atoms with Gasteiger partial charge < -0.3 is 14.8 Å². The number of ether oxygens (including phenoxy) is 2. The molecule has 0 aliphatic heterocycles. The number of hydrogen-bond donors (Lipinski definition) is 1. The lowest BCUT2D eigenvalue weighted by Crippen LogP contribution is -2.13. The molecule has 158 valence electrons. The normalized spacial score (nSPS) is 11.3. The molecule has 0 atom stereocenters. The van der Waals surface area contributed by atoms with Gasteiger partial charge in [0, 0.05) is 11.1 Å². The summed E-state index contributed by atoms with van der Waals surface area (Å²) in [7, 11) is 1.57. The Labute approximate surface area is 182 Å². The number of methoxy groups -OCH3 is 1. The van der Waals surface area contributed by atoms with Gasteiger partial charge in [-0.25, -0.2) is 0 Å². The van der Waals surface area contributed by atoms with E-state index >= 15 is 0 Å². The molecule has 31 heavy (non-hydrogen) atoms. The highest BCUT2D eigenvalue weighted by Crippen LogP contribution is 2.29. The van der Waals surface area contributed by atoms with Gasteiger partial charge in [0.25, 0.3) is 5.91 Å². The first-order valence-electron chi connectivity index (χ1n) is 10.2. The summed E-state index contributed by atoms with van der Waals surface area (Å²) in [4.78, 5) is 12.8. The average molecular weight is 415 g/mol. The van der Waals surface area contributed by atoms with Gasteiger partial charge >= 0.3 is 0 Å². The monoisotopic (exact) mass is 414 g/mol. The van der Waals surface area contributed by atoms with Crippen LogP contribution in [0, 0.1) is 17.2 Å². The van der Waals surface area contributed by atoms with Gasteiger partial charge in [-0.05, 0) is 47.6 Å². The molecular formula is C26H26N2O3. The van der Waals surface area contributed by atoms with E-state index in [0.29, 0.717) is 35.3 Å². The molecular weight excluding hydrogens is 388 g/mol. The second kappa shape index (κ2) is 10.3. The Morgan fingerprint density at radius 1 is 1.10 bits per heavy atom. The van der Waals surface area contributed by atoms with E-state index in [1.165, 1.54) is 0 Å². The molecule has 5 heteroatoms. The van der Waals surface area contributed by atoms with Crippen LogP contribution in [0.4, 0.5) is 5.69 Å². The van der Waals surface area contributed by atoms with Crippen LogP contribution in [0.25, 0.3) is 16.8 Å². The Bertz CT molecular complexity index is 1140. The summed E-state index contributed by atoms with van der Waals surface area (Å²) in [5, 5.41) is 14.3. The lowest BCUT2D eigenvalue weighted by atomic mass is 10.1. The number of carbonyl (C=O) groups excluding carboxylic acids is 1. The predicted molar refractivity (Wildman–Crippen MR) is 124 cm³/mol. The molecule has 0 heterocycles. The highest BCUT2D eigenvalue weighted by molar-refractivity contribution is 6.12. The number of fused-ring (bicyclic) bond motifs is 1. The summed E-state index contributed by atoms with van der Waals surface area (Å²) >= 11 is 0. The van der Waals surface area contributed by atoms with Crippen LogP contribution >= 0.6 is 0 Å². The second-order valence-corrected chi connectivity index (χ2v) is 7.59. The zero-order valence-corrected chi connectivity index (χ0v) is 18.0. The highest BCUT2D eigenvalue weighted by atomic mass is 16.5. The minimum atomic E-state index is -0.463. The van der Waals surface area contributed by atoms with Crippen LogP contribution in [0.15, 0.2) is 66.2 Å². The number of carbonyl (C=O) groups is 1. The Morgan fingerprint density at radius 2 is 1.87 bits per heavy atom. The fraction of sp³-hybridized carbons (Fsp3) is 0.231. The SMILES string of the molecule is COc1cc(/C=C(\C#N)C(=O)Nc2cccc3ccccc23)ccc1OCCC(C)C. The minimum Gasteiger partial charge on any atom is -0.493 e. The van der Waals surface area contributed by atoms with Crippen molar-refractivity contribution in [3.8, 4) is 17.6 Å². The first kappa shape index (κ1) is 21.9. The van der Waals surface area contributed by atoms with E-state index in [1.54, 1.807) is 31.4 Å². The Kier molecular flexibility index (Phi) is 7.29. The number of amides is 1. The molecule has 0 spiro atoms. The van der Waals surface area contributed by atoms with E-state index in [0.717, 1.165) is 17.2 Å². The van der Waals surface area contributed by atoms with Gasteiger partial charge in [0.1, 0.15) is 11.6 Å². The molecule has 5 nitrogen and oxygen atoms in total. The summed E-state index contributed by atoms with van der Waals surface area (Å²) in [6, 6.07) is 20.8. The number of rotatable bonds is 8. The van der Waals surface area contributed by atoms with Gasteiger partial charge in [-0.2, -0.15) is 5.26 Å². The van der Waals surface area contributed by atoms with E-state index < -0.39 is 5.91 Å². The predicted octanol–water partition coefficient (Wildman–Crippen LogP) is 5.82. The zero-order chi connectivity index (χ0) is 22.2. The van der Waals surface area contributed by atoms with Crippen molar-refractivity contribution >= 4 is 28.4 Å². The molecule has 3 aromatic carbocycles. The molecule has 3 rings (SSSR count). The molecule has 0 saturated carbocycles. The smallest absolute Gasteiger partial charge is 0.266 e. The molecule has 0 aromatic heterocycles. The van der Waals surface area contributed by atoms with E-state index in [9.17, 15) is 10.1 Å². The van der Waals surface area contributed by atoms with Gasteiger partial charge in [0.05, 0.1) is 13.7 Å². The van der Waals surface area contributed by atoms with Crippen molar-refractivity contribution in [1.82, 2.24) is 0 Å². The lowest BCUT2D eigenvalue weighted by Gasteiger charge is -2.12. The number of nitrogens with zero attached hydrogens (tertiary/aromatic N) is 1. The van der Waals surface area contributed by atoms with Crippen LogP contribution in [-0.4, -0.2) is 19.6 Å². The van der Waals surface area contributed by atoms with Crippen molar-refractivity contribution in [3.05, 3.63) is 71.8 Å². The van der Waals surface area contributed by atoms with Gasteiger partial charge in [-0.15, -0.1) is 0 Å². The Morgan fingerprint density at radius 3 is 2.61 bits per heavy atom. The van der Waals surface area contributed by atoms with E-state index in [4.69, 9.17) is 9.47 Å². The highest BCUT2D eigenvalue weighted by Gasteiger charge is 2.12. The quantitative estimate of drug-likeness (QED) is 0.372. The van der Waals surface area contributed by atoms with Crippen molar-refractivity contribution in [2.24, 2.45) is 5.92 Å². The molecule has 1 amide bonds. The topological polar surface area (TPSA) is 71.3 Å². The molecule has 1 N–H and O–H groups in total. The lowest BCUT2D eigenvalue weighted by molar-refractivity contribution is -0.112. The van der Waals surface area contributed by atoms with Crippen LogP contribution in [-0.2, 0) is 4.79 Å². The first-order chi connectivity index (χ1) is 15.0. The molecule has 0 fully saturated rings. The fourth-order valence-corrected chi connectivity index (χ4v) is 3.14. The summed E-state index contributed by atoms with van der Waals surface area (Å²) in [5.41, 5.74) is 1.34. The Hall–Kier alpha value is -3.78. The van der Waals surface area contributed by atoms with Gasteiger partial charge in [0.2, 0.25) is 0 Å². The van der Waals surface area contributed by atoms with Crippen LogP contribution in [0.3, 0.4) is 0 Å². The number of benzene rings is 3. The summed E-state index contributed by atoms with van der Waals surface area (Å²) < 4.78 is 11.2. The van der Waals surface area contributed by atoms with Crippen LogP contribution in [0.1, 0.15) is 25.8 Å². The average Bonchev–Trinajstić information content (AvgIpc) is 2.78. The molecule has 0 unspecified atom stereocenters. The third kappa shape index (κ3) is 5.64. The Balaban J connectivity index is 1.80. The van der Waals surface area contributed by atoms with Crippen molar-refractivity contribution in [2.45, 2.75) is 20.3 Å². The minimum absolute atomic E-state index is 0.00321. The third-order valence-electron chi connectivity index (χ3n) is 4.85. The number of nitrogens with one attached hydrogen (secondary N) is 1. The maximum Gasteiger partial charge on any atom is 0.266 e. The molecule has 0 saturated heterocycles. The second-order valence-electron chi connectivity index (χ2n) is 7.59. The molecule has 0 aliphatic rings. The van der Waals surface area contributed by atoms with Crippen molar-refractivity contribution < 1.29 is 14.3 Å². The van der Waals surface area contributed by atoms with E-state index in [-0.39, 0.29) is 5.57 Å². The molecule has 0 aliphatic carbocycles. The third-order valence-corrected chi connectivity index (χ3v) is 4.85. The van der Waals surface area contributed by atoms with E-state index in [2.05, 4.69) is 19.2 Å². The van der Waals surface area contributed by atoms with E-state index in [1.807, 2.05) is 48.5 Å². The van der Waals surface area contributed by atoms with Crippen molar-refractivity contribution in [1.29, 1.82) is 5.26 Å². The largest absolute Gasteiger partial charge is 0.493 e. The van der Waals surface area contributed by atoms with Gasteiger partial charge in [-0.3, -0.25) is 4.79 Å². The summed E-state index contributed by atoms with van der Waals surface area (Å²) in [6.45, 7) is 4.88. The zero-order valence-electron chi connectivity index (χ0n) is 18.0. The first-order valence-corrected chi connectivity index (χ1v) is 10.2. The van der Waals surface area contributed by atoms with Gasteiger partial charge in [-0.1, -0.05) is 56.3 Å². The van der Waals surface area contributed by atoms with Crippen molar-refractivity contribution in [3.63, 3.8) is 0 Å². The fourth-order valence-electron chi connectivity index (χ4n) is 3.14. The summed E-state index contributed by atoms with van der Waals surface area (Å²) in [5.74, 6) is 1.28. The standard InChI is InChI=1S/C26H26N2O3/c1-18(2)13-14-31-24-12-11-19(16-25(24)30-3)15-21(17-27)26(29)28-23-10-6-8-20-7-4-5-9-22(20)23/h4-12,15-16,18H,13-14H2,1-3H3,(H,28,29)/b21-15+. The van der Waals surface area contributed by atoms with Crippen LogP contribution < -0.4 is 14.8 Å². The molecule has 3 aromatic rings. The maximum absolute atomic E-state index is 12.8.